The van der Waals surface area contributed by atoms with Gasteiger partial charge in [0, 0.05) is 31.7 Å². The Morgan fingerprint density at radius 1 is 1.20 bits per heavy atom. The average molecular weight is 365 g/mol. The predicted molar refractivity (Wildman–Crippen MR) is 97.8 cm³/mol. The van der Waals surface area contributed by atoms with E-state index in [1.165, 1.54) is 6.42 Å². The molecule has 0 radical (unpaired) electrons. The Morgan fingerprint density at radius 3 is 2.44 bits per heavy atom. The summed E-state index contributed by atoms with van der Waals surface area (Å²) in [7, 11) is -3.20. The second-order valence-electron chi connectivity index (χ2n) is 7.14. The van der Waals surface area contributed by atoms with Gasteiger partial charge in [-0.2, -0.15) is 0 Å². The van der Waals surface area contributed by atoms with Crippen LogP contribution >= 0.6 is 0 Å². The Labute approximate surface area is 150 Å². The van der Waals surface area contributed by atoms with Gasteiger partial charge < -0.3 is 10.2 Å². The van der Waals surface area contributed by atoms with Gasteiger partial charge in [0.05, 0.1) is 5.75 Å². The second kappa shape index (κ2) is 7.43. The van der Waals surface area contributed by atoms with Crippen LogP contribution in [0.3, 0.4) is 0 Å². The number of rotatable bonds is 5. The minimum atomic E-state index is -3.20. The van der Waals surface area contributed by atoms with Gasteiger partial charge in [-0.15, -0.1) is 0 Å². The highest BCUT2D eigenvalue weighted by atomic mass is 32.2. The first kappa shape index (κ1) is 18.4. The number of hydrogen-bond donors (Lipinski definition) is 2. The minimum absolute atomic E-state index is 0.0650. The largest absolute Gasteiger partial charge is 0.339 e. The molecule has 0 bridgehead atoms. The molecule has 7 heteroatoms. The molecular formula is C18H27N3O3S. The Hall–Kier alpha value is -1.44. The molecule has 2 saturated heterocycles. The topological polar surface area (TPSA) is 78.5 Å². The van der Waals surface area contributed by atoms with Crippen molar-refractivity contribution in [2.45, 2.75) is 32.7 Å². The number of amides is 1. The number of nitrogens with zero attached hydrogens (tertiary/aromatic N) is 1. The van der Waals surface area contributed by atoms with Crippen molar-refractivity contribution in [2.75, 3.05) is 31.9 Å². The van der Waals surface area contributed by atoms with Crippen molar-refractivity contribution in [2.24, 2.45) is 5.41 Å². The van der Waals surface area contributed by atoms with Crippen LogP contribution in [0.25, 0.3) is 0 Å². The average Bonchev–Trinajstić information content (AvgIpc) is 3.09. The number of sulfonamides is 1. The summed E-state index contributed by atoms with van der Waals surface area (Å²) in [6.07, 6.45) is 3.36. The number of carbonyl (C=O) groups excluding carboxylic acids is 1. The van der Waals surface area contributed by atoms with Gasteiger partial charge >= 0.3 is 0 Å². The maximum Gasteiger partial charge on any atom is 0.253 e. The zero-order valence-corrected chi connectivity index (χ0v) is 15.6. The predicted octanol–water partition coefficient (Wildman–Crippen LogP) is 1.34. The first-order valence-electron chi connectivity index (χ1n) is 8.99. The molecule has 1 spiro atoms. The first-order chi connectivity index (χ1) is 11.9. The fraction of sp³-hybridized carbons (Fsp3) is 0.611. The van der Waals surface area contributed by atoms with Gasteiger partial charge in [0.25, 0.3) is 5.91 Å². The van der Waals surface area contributed by atoms with Gasteiger partial charge in [-0.25, -0.2) is 13.1 Å². The summed E-state index contributed by atoms with van der Waals surface area (Å²) in [5, 5.41) is 3.44. The van der Waals surface area contributed by atoms with Crippen molar-refractivity contribution >= 4 is 15.9 Å². The van der Waals surface area contributed by atoms with Crippen LogP contribution in [0.1, 0.15) is 42.1 Å². The number of nitrogens with one attached hydrogen (secondary N) is 2. The highest BCUT2D eigenvalue weighted by Crippen LogP contribution is 2.37. The molecule has 2 fully saturated rings. The Morgan fingerprint density at radius 2 is 1.88 bits per heavy atom. The van der Waals surface area contributed by atoms with Gasteiger partial charge in [-0.3, -0.25) is 4.79 Å². The summed E-state index contributed by atoms with van der Waals surface area (Å²) in [6.45, 7) is 5.67. The summed E-state index contributed by atoms with van der Waals surface area (Å²) in [4.78, 5) is 14.6. The quantitative estimate of drug-likeness (QED) is 0.825. The Bertz CT molecular complexity index is 700. The maximum atomic E-state index is 12.7. The standard InChI is InChI=1S/C18H27N3O3S/c1-2-25(23,24)20-13-15-3-5-16(6-4-15)17(22)21-11-8-18(9-12-21)7-10-19-14-18/h3-6,19-20H,2,7-14H2,1H3. The highest BCUT2D eigenvalue weighted by Gasteiger charge is 2.38. The molecule has 1 aromatic rings. The van der Waals surface area contributed by atoms with E-state index in [1.807, 2.05) is 17.0 Å². The molecule has 0 atom stereocenters. The zero-order chi connectivity index (χ0) is 17.9. The summed E-state index contributed by atoms with van der Waals surface area (Å²) < 4.78 is 25.5. The zero-order valence-electron chi connectivity index (χ0n) is 14.8. The van der Waals surface area contributed by atoms with Crippen molar-refractivity contribution in [3.05, 3.63) is 35.4 Å². The Balaban J connectivity index is 1.56. The van der Waals surface area contributed by atoms with Crippen LogP contribution in [0.4, 0.5) is 0 Å². The lowest BCUT2D eigenvalue weighted by molar-refractivity contribution is 0.0607. The SMILES string of the molecule is CCS(=O)(=O)NCc1ccc(C(=O)N2CCC3(CCNC3)CC2)cc1. The molecule has 25 heavy (non-hydrogen) atoms. The van der Waals surface area contributed by atoms with Crippen LogP contribution in [0, 0.1) is 5.41 Å². The summed E-state index contributed by atoms with van der Waals surface area (Å²) in [5.74, 6) is 0.136. The summed E-state index contributed by atoms with van der Waals surface area (Å²) in [6, 6.07) is 7.22. The summed E-state index contributed by atoms with van der Waals surface area (Å²) in [5.41, 5.74) is 1.92. The van der Waals surface area contributed by atoms with Crippen molar-refractivity contribution in [1.29, 1.82) is 0 Å². The fourth-order valence-electron chi connectivity index (χ4n) is 3.65. The molecule has 1 amide bonds. The van der Waals surface area contributed by atoms with Crippen LogP contribution in [-0.2, 0) is 16.6 Å². The molecule has 0 aromatic heterocycles. The fourth-order valence-corrected chi connectivity index (χ4v) is 4.24. The van der Waals surface area contributed by atoms with Crippen LogP contribution in [0.15, 0.2) is 24.3 Å². The van der Waals surface area contributed by atoms with Gasteiger partial charge in [0.15, 0.2) is 0 Å². The van der Waals surface area contributed by atoms with E-state index in [0.29, 0.717) is 11.0 Å². The molecule has 2 heterocycles. The molecular weight excluding hydrogens is 338 g/mol. The van der Waals surface area contributed by atoms with Crippen LogP contribution in [0.5, 0.6) is 0 Å². The van der Waals surface area contributed by atoms with Crippen LogP contribution < -0.4 is 10.0 Å². The summed E-state index contributed by atoms with van der Waals surface area (Å²) >= 11 is 0. The molecule has 0 aliphatic carbocycles. The van der Waals surface area contributed by atoms with E-state index in [4.69, 9.17) is 0 Å². The highest BCUT2D eigenvalue weighted by molar-refractivity contribution is 7.89. The van der Waals surface area contributed by atoms with E-state index >= 15 is 0 Å². The molecule has 2 N–H and O–H groups in total. The third-order valence-corrected chi connectivity index (χ3v) is 6.86. The smallest absolute Gasteiger partial charge is 0.253 e. The number of carbonyl (C=O) groups is 1. The van der Waals surface area contributed by atoms with E-state index in [9.17, 15) is 13.2 Å². The van der Waals surface area contributed by atoms with E-state index < -0.39 is 10.0 Å². The molecule has 2 aliphatic heterocycles. The van der Waals surface area contributed by atoms with Crippen LogP contribution in [-0.4, -0.2) is 51.2 Å². The van der Waals surface area contributed by atoms with Crippen molar-refractivity contribution in [1.82, 2.24) is 14.9 Å². The van der Waals surface area contributed by atoms with Crippen molar-refractivity contribution < 1.29 is 13.2 Å². The van der Waals surface area contributed by atoms with E-state index in [2.05, 4.69) is 10.0 Å². The lowest BCUT2D eigenvalue weighted by Gasteiger charge is -2.38. The third kappa shape index (κ3) is 4.40. The molecule has 1 aromatic carbocycles. The van der Waals surface area contributed by atoms with Crippen molar-refractivity contribution in [3.8, 4) is 0 Å². The molecule has 3 rings (SSSR count). The molecule has 138 valence electrons. The third-order valence-electron chi connectivity index (χ3n) is 5.52. The number of piperidine rings is 1. The molecule has 2 aliphatic rings. The van der Waals surface area contributed by atoms with E-state index in [-0.39, 0.29) is 18.2 Å². The Kier molecular flexibility index (Phi) is 5.46. The van der Waals surface area contributed by atoms with Gasteiger partial charge in [-0.05, 0) is 55.8 Å². The van der Waals surface area contributed by atoms with Gasteiger partial charge in [0.2, 0.25) is 10.0 Å². The molecule has 0 saturated carbocycles. The van der Waals surface area contributed by atoms with Crippen LogP contribution in [0.2, 0.25) is 0 Å². The lowest BCUT2D eigenvalue weighted by Crippen LogP contribution is -2.44. The maximum absolute atomic E-state index is 12.7. The van der Waals surface area contributed by atoms with E-state index in [1.54, 1.807) is 19.1 Å². The first-order valence-corrected chi connectivity index (χ1v) is 10.6. The number of benzene rings is 1. The number of hydrogen-bond acceptors (Lipinski definition) is 4. The minimum Gasteiger partial charge on any atom is -0.339 e. The van der Waals surface area contributed by atoms with Crippen molar-refractivity contribution in [3.63, 3.8) is 0 Å². The normalized spacial score (nSPS) is 20.1. The monoisotopic (exact) mass is 365 g/mol. The molecule has 0 unspecified atom stereocenters. The molecule has 6 nitrogen and oxygen atoms in total. The number of likely N-dealkylation sites (tertiary alicyclic amines) is 1. The van der Waals surface area contributed by atoms with E-state index in [0.717, 1.165) is 44.6 Å². The second-order valence-corrected chi connectivity index (χ2v) is 9.24. The lowest BCUT2D eigenvalue weighted by atomic mass is 9.78. The van der Waals surface area contributed by atoms with Gasteiger partial charge in [-0.1, -0.05) is 12.1 Å². The van der Waals surface area contributed by atoms with Gasteiger partial charge in [0.1, 0.15) is 0 Å².